The highest BCUT2D eigenvalue weighted by Gasteiger charge is 2.34. The summed E-state index contributed by atoms with van der Waals surface area (Å²) in [5.74, 6) is -0.808. The van der Waals surface area contributed by atoms with Gasteiger partial charge < -0.3 is 10.4 Å². The fraction of sp³-hybridized carbons (Fsp3) is 0.333. The van der Waals surface area contributed by atoms with Crippen molar-refractivity contribution in [2.75, 3.05) is 5.32 Å². The molecule has 8 heteroatoms. The van der Waals surface area contributed by atoms with Gasteiger partial charge in [-0.2, -0.15) is 18.4 Å². The molecule has 1 aromatic carbocycles. The molecular weight excluding hydrogens is 272 g/mol. The van der Waals surface area contributed by atoms with E-state index in [0.29, 0.717) is 6.07 Å². The van der Waals surface area contributed by atoms with Crippen LogP contribution in [0.1, 0.15) is 18.1 Å². The Morgan fingerprint density at radius 3 is 2.55 bits per heavy atom. The van der Waals surface area contributed by atoms with Gasteiger partial charge in [0.05, 0.1) is 17.2 Å². The molecule has 0 saturated carbocycles. The zero-order valence-corrected chi connectivity index (χ0v) is 10.9. The number of aliphatic hydroxyl groups is 1. The number of hydrogen-bond donors (Lipinski definition) is 2. The summed E-state index contributed by atoms with van der Waals surface area (Å²) in [5.41, 5.74) is -3.46. The van der Waals surface area contributed by atoms with Gasteiger partial charge in [0.2, 0.25) is 0 Å². The van der Waals surface area contributed by atoms with Crippen LogP contribution in [0.3, 0.4) is 0 Å². The van der Waals surface area contributed by atoms with Gasteiger partial charge in [-0.05, 0) is 31.4 Å². The van der Waals surface area contributed by atoms with E-state index in [1.165, 1.54) is 19.1 Å². The van der Waals surface area contributed by atoms with Gasteiger partial charge in [0.1, 0.15) is 13.4 Å². The lowest BCUT2D eigenvalue weighted by molar-refractivity contribution is -0.137. The number of carbonyl (C=O) groups excluding carboxylic acids is 1. The molecule has 20 heavy (non-hydrogen) atoms. The highest BCUT2D eigenvalue weighted by molar-refractivity contribution is 6.13. The lowest BCUT2D eigenvalue weighted by Crippen LogP contribution is -2.39. The number of nitriles is 1. The molecule has 1 rings (SSSR count). The van der Waals surface area contributed by atoms with Crippen molar-refractivity contribution in [1.29, 1.82) is 5.26 Å². The quantitative estimate of drug-likeness (QED) is 0.822. The van der Waals surface area contributed by atoms with Gasteiger partial charge in [0.25, 0.3) is 5.91 Å². The first-order valence-corrected chi connectivity index (χ1v) is 5.77. The van der Waals surface area contributed by atoms with E-state index in [0.717, 1.165) is 6.07 Å². The number of halogens is 3. The molecule has 0 saturated heterocycles. The Kier molecular flexibility index (Phi) is 4.45. The van der Waals surface area contributed by atoms with E-state index in [2.05, 4.69) is 5.32 Å². The normalized spacial score (nSPS) is 14.2. The maximum Gasteiger partial charge on any atom is 0.417 e. The summed E-state index contributed by atoms with van der Waals surface area (Å²) in [6.07, 6.45) is -4.58. The second kappa shape index (κ2) is 5.55. The average molecular weight is 284 g/mol. The van der Waals surface area contributed by atoms with Crippen LogP contribution in [0.5, 0.6) is 0 Å². The number of rotatable bonds is 3. The zero-order valence-electron chi connectivity index (χ0n) is 10.9. The number of benzene rings is 1. The van der Waals surface area contributed by atoms with Crippen LogP contribution in [0.25, 0.3) is 0 Å². The monoisotopic (exact) mass is 284 g/mol. The molecule has 1 amide bonds. The Morgan fingerprint density at radius 1 is 1.50 bits per heavy atom. The minimum atomic E-state index is -4.70. The van der Waals surface area contributed by atoms with E-state index in [-0.39, 0.29) is 12.0 Å². The third kappa shape index (κ3) is 3.51. The van der Waals surface area contributed by atoms with E-state index in [4.69, 9.17) is 5.26 Å². The lowest BCUT2D eigenvalue weighted by Gasteiger charge is -2.20. The molecule has 0 aromatic heterocycles. The average Bonchev–Trinajstić information content (AvgIpc) is 2.37. The summed E-state index contributed by atoms with van der Waals surface area (Å²) in [6.45, 7) is 1.26. The Labute approximate surface area is 114 Å². The maximum atomic E-state index is 12.7. The molecular formula is C12H12BF3N2O2. The molecule has 0 unspecified atom stereocenters. The summed E-state index contributed by atoms with van der Waals surface area (Å²) in [6, 6.07) is 4.26. The molecule has 0 spiro atoms. The van der Waals surface area contributed by atoms with Crippen molar-refractivity contribution in [3.63, 3.8) is 0 Å². The minimum absolute atomic E-state index is 0.112. The molecule has 0 aliphatic rings. The molecule has 2 N–H and O–H groups in total. The van der Waals surface area contributed by atoms with Crippen molar-refractivity contribution in [1.82, 2.24) is 0 Å². The second-order valence-electron chi connectivity index (χ2n) is 4.45. The first-order valence-electron chi connectivity index (χ1n) is 5.77. The van der Waals surface area contributed by atoms with Crippen LogP contribution in [0, 0.1) is 11.3 Å². The van der Waals surface area contributed by atoms with Crippen molar-refractivity contribution >= 4 is 19.4 Å². The number of nitrogens with one attached hydrogen (secondary N) is 1. The van der Waals surface area contributed by atoms with Crippen molar-refractivity contribution in [2.24, 2.45) is 0 Å². The lowest BCUT2D eigenvalue weighted by atomic mass is 9.88. The number of anilines is 1. The van der Waals surface area contributed by atoms with E-state index < -0.39 is 28.8 Å². The van der Waals surface area contributed by atoms with Crippen molar-refractivity contribution in [3.8, 4) is 6.07 Å². The largest absolute Gasteiger partial charge is 0.417 e. The minimum Gasteiger partial charge on any atom is -0.381 e. The summed E-state index contributed by atoms with van der Waals surface area (Å²) in [7, 11) is 1.57. The van der Waals surface area contributed by atoms with Crippen molar-refractivity contribution in [2.45, 2.75) is 25.0 Å². The van der Waals surface area contributed by atoms with Crippen LogP contribution in [-0.2, 0) is 11.0 Å². The zero-order chi connectivity index (χ0) is 15.6. The number of hydrogen-bond acceptors (Lipinski definition) is 3. The highest BCUT2D eigenvalue weighted by atomic mass is 19.4. The van der Waals surface area contributed by atoms with Gasteiger partial charge >= 0.3 is 6.18 Å². The summed E-state index contributed by atoms with van der Waals surface area (Å²) in [5, 5.41) is 20.5. The third-order valence-electron chi connectivity index (χ3n) is 2.88. The van der Waals surface area contributed by atoms with Crippen LogP contribution in [-0.4, -0.2) is 24.5 Å². The second-order valence-corrected chi connectivity index (χ2v) is 4.45. The molecule has 1 atom stereocenters. The fourth-order valence-electron chi connectivity index (χ4n) is 1.38. The first-order chi connectivity index (χ1) is 9.11. The number of carbonyl (C=O) groups is 1. The summed E-state index contributed by atoms with van der Waals surface area (Å²) >= 11 is 0. The Hall–Kier alpha value is -2.01. The van der Waals surface area contributed by atoms with E-state index in [9.17, 15) is 23.1 Å². The third-order valence-corrected chi connectivity index (χ3v) is 2.88. The molecule has 0 heterocycles. The Bertz CT molecular complexity index is 565. The van der Waals surface area contributed by atoms with Crippen LogP contribution in [0.2, 0.25) is 6.32 Å². The van der Waals surface area contributed by atoms with Gasteiger partial charge in [-0.3, -0.25) is 4.79 Å². The first kappa shape index (κ1) is 16.1. The number of alkyl halides is 3. The Morgan fingerprint density at radius 2 is 2.10 bits per heavy atom. The number of amides is 1. The van der Waals surface area contributed by atoms with Crippen LogP contribution < -0.4 is 5.32 Å². The summed E-state index contributed by atoms with van der Waals surface area (Å²) in [4.78, 5) is 11.7. The van der Waals surface area contributed by atoms with E-state index in [1.54, 1.807) is 7.85 Å². The van der Waals surface area contributed by atoms with Crippen molar-refractivity contribution in [3.05, 3.63) is 29.3 Å². The van der Waals surface area contributed by atoms with Crippen LogP contribution in [0.4, 0.5) is 18.9 Å². The van der Waals surface area contributed by atoms with Gasteiger partial charge in [-0.15, -0.1) is 0 Å². The predicted octanol–water partition coefficient (Wildman–Crippen LogP) is 1.32. The van der Waals surface area contributed by atoms with Gasteiger partial charge in [-0.1, -0.05) is 0 Å². The maximum absolute atomic E-state index is 12.7. The SMILES string of the molecule is BC[C@@](C)(O)C(=O)Nc1ccc(C#N)c(C(F)(F)F)c1. The van der Waals surface area contributed by atoms with Gasteiger partial charge in [0.15, 0.2) is 0 Å². The van der Waals surface area contributed by atoms with Gasteiger partial charge in [0, 0.05) is 5.69 Å². The smallest absolute Gasteiger partial charge is 0.381 e. The molecule has 106 valence electrons. The molecule has 1 aromatic rings. The standard InChI is InChI=1S/C12H12BF3N2O2/c1-11(20,6-13)10(19)18-8-3-2-7(5-17)9(4-8)12(14,15)16/h2-4,20H,6,13H2,1H3,(H,18,19)/t11-/m1/s1. The van der Waals surface area contributed by atoms with E-state index in [1.807, 2.05) is 0 Å². The van der Waals surface area contributed by atoms with Crippen molar-refractivity contribution < 1.29 is 23.1 Å². The Balaban J connectivity index is 3.12. The summed E-state index contributed by atoms with van der Waals surface area (Å²) < 4.78 is 38.2. The van der Waals surface area contributed by atoms with E-state index >= 15 is 0 Å². The predicted molar refractivity (Wildman–Crippen MR) is 68.8 cm³/mol. The van der Waals surface area contributed by atoms with Gasteiger partial charge in [-0.25, -0.2) is 0 Å². The molecule has 0 fully saturated rings. The highest BCUT2D eigenvalue weighted by Crippen LogP contribution is 2.33. The molecule has 0 aliphatic heterocycles. The van der Waals surface area contributed by atoms with Crippen LogP contribution in [0.15, 0.2) is 18.2 Å². The number of nitrogens with zero attached hydrogens (tertiary/aromatic N) is 1. The molecule has 4 nitrogen and oxygen atoms in total. The molecule has 0 radical (unpaired) electrons. The molecule has 0 bridgehead atoms. The van der Waals surface area contributed by atoms with Crippen LogP contribution >= 0.6 is 0 Å². The topological polar surface area (TPSA) is 73.1 Å². The fourth-order valence-corrected chi connectivity index (χ4v) is 1.38. The molecule has 0 aliphatic carbocycles.